The maximum Gasteiger partial charge on any atom is 0.302 e. The molecule has 3 unspecified atom stereocenters. The molecule has 0 N–H and O–H groups in total. The van der Waals surface area contributed by atoms with E-state index >= 15 is 0 Å². The zero-order chi connectivity index (χ0) is 19.8. The Morgan fingerprint density at radius 1 is 0.966 bits per heavy atom. The van der Waals surface area contributed by atoms with Crippen LogP contribution in [0.5, 0.6) is 23.0 Å². The molecule has 0 spiro atoms. The fourth-order valence-electron chi connectivity index (χ4n) is 4.17. The van der Waals surface area contributed by atoms with Gasteiger partial charge in [0, 0.05) is 12.8 Å². The first kappa shape index (κ1) is 18.1. The van der Waals surface area contributed by atoms with Crippen molar-refractivity contribution in [1.82, 2.24) is 0 Å². The van der Waals surface area contributed by atoms with Gasteiger partial charge in [0.2, 0.25) is 13.6 Å². The summed E-state index contributed by atoms with van der Waals surface area (Å²) in [7, 11) is 0. The minimum atomic E-state index is -0.289. The van der Waals surface area contributed by atoms with Crippen LogP contribution in [0.25, 0.3) is 0 Å². The summed E-state index contributed by atoms with van der Waals surface area (Å²) in [6.07, 6.45) is 0.617. The number of esters is 1. The largest absolute Gasteiger partial charge is 0.465 e. The summed E-state index contributed by atoms with van der Waals surface area (Å²) < 4.78 is 33.4. The Kier molecular flexibility index (Phi) is 4.67. The van der Waals surface area contributed by atoms with E-state index in [-0.39, 0.29) is 37.5 Å². The van der Waals surface area contributed by atoms with Crippen molar-refractivity contribution in [2.45, 2.75) is 19.4 Å². The monoisotopic (exact) mass is 398 g/mol. The molecule has 0 bridgehead atoms. The SMILES string of the molecule is CC(=O)OCC1C(Cc2ccc3c(c2)OCO3)COC1c1ccc2c(c1)OCO2. The molecule has 7 nitrogen and oxygen atoms in total. The van der Waals surface area contributed by atoms with Crippen molar-refractivity contribution in [3.8, 4) is 23.0 Å². The molecule has 0 aliphatic carbocycles. The van der Waals surface area contributed by atoms with E-state index in [0.29, 0.717) is 13.2 Å². The molecule has 0 amide bonds. The van der Waals surface area contributed by atoms with E-state index in [1.165, 1.54) is 6.92 Å². The van der Waals surface area contributed by atoms with Crippen molar-refractivity contribution in [2.75, 3.05) is 26.8 Å². The second-order valence-corrected chi connectivity index (χ2v) is 7.48. The van der Waals surface area contributed by atoms with Crippen LogP contribution in [-0.2, 0) is 20.7 Å². The second-order valence-electron chi connectivity index (χ2n) is 7.48. The van der Waals surface area contributed by atoms with Crippen LogP contribution in [0.3, 0.4) is 0 Å². The Balaban J connectivity index is 1.37. The third kappa shape index (κ3) is 3.58. The van der Waals surface area contributed by atoms with Gasteiger partial charge in [-0.05, 0) is 47.7 Å². The Morgan fingerprint density at radius 2 is 1.66 bits per heavy atom. The summed E-state index contributed by atoms with van der Waals surface area (Å²) in [5.41, 5.74) is 2.14. The summed E-state index contributed by atoms with van der Waals surface area (Å²) in [5.74, 6) is 2.94. The Bertz CT molecular complexity index is 925. The molecule has 3 aliphatic rings. The molecule has 29 heavy (non-hydrogen) atoms. The van der Waals surface area contributed by atoms with Crippen LogP contribution in [0.4, 0.5) is 0 Å². The zero-order valence-corrected chi connectivity index (χ0v) is 16.1. The maximum atomic E-state index is 11.5. The lowest BCUT2D eigenvalue weighted by atomic mass is 9.84. The van der Waals surface area contributed by atoms with Crippen LogP contribution in [0, 0.1) is 11.8 Å². The van der Waals surface area contributed by atoms with Crippen molar-refractivity contribution < 1.29 is 33.2 Å². The summed E-state index contributed by atoms with van der Waals surface area (Å²) in [4.78, 5) is 11.5. The van der Waals surface area contributed by atoms with Gasteiger partial charge in [0.1, 0.15) is 0 Å². The molecule has 3 atom stereocenters. The quantitative estimate of drug-likeness (QED) is 0.716. The van der Waals surface area contributed by atoms with E-state index < -0.39 is 0 Å². The molecule has 7 heteroatoms. The van der Waals surface area contributed by atoms with Gasteiger partial charge in [-0.25, -0.2) is 0 Å². The topological polar surface area (TPSA) is 72.5 Å². The van der Waals surface area contributed by atoms with E-state index in [1.54, 1.807) is 0 Å². The smallest absolute Gasteiger partial charge is 0.302 e. The van der Waals surface area contributed by atoms with Crippen LogP contribution < -0.4 is 18.9 Å². The number of benzene rings is 2. The lowest BCUT2D eigenvalue weighted by Gasteiger charge is -2.23. The first-order valence-electron chi connectivity index (χ1n) is 9.70. The summed E-state index contributed by atoms with van der Waals surface area (Å²) in [6.45, 7) is 2.81. The predicted octanol–water partition coefficient (Wildman–Crippen LogP) is 3.25. The van der Waals surface area contributed by atoms with E-state index in [0.717, 1.165) is 40.5 Å². The van der Waals surface area contributed by atoms with E-state index in [1.807, 2.05) is 36.4 Å². The van der Waals surface area contributed by atoms with Crippen LogP contribution in [0.2, 0.25) is 0 Å². The van der Waals surface area contributed by atoms with Crippen LogP contribution >= 0.6 is 0 Å². The average Bonchev–Trinajstić information content (AvgIpc) is 3.45. The van der Waals surface area contributed by atoms with Gasteiger partial charge in [-0.15, -0.1) is 0 Å². The molecule has 2 aromatic rings. The van der Waals surface area contributed by atoms with Crippen LogP contribution in [0.1, 0.15) is 24.2 Å². The number of rotatable bonds is 5. The summed E-state index contributed by atoms with van der Waals surface area (Å²) in [6, 6.07) is 11.8. The summed E-state index contributed by atoms with van der Waals surface area (Å²) in [5, 5.41) is 0. The van der Waals surface area contributed by atoms with Gasteiger partial charge >= 0.3 is 5.97 Å². The Labute approximate surface area is 168 Å². The minimum absolute atomic E-state index is 0.0321. The van der Waals surface area contributed by atoms with E-state index in [2.05, 4.69) is 0 Å². The van der Waals surface area contributed by atoms with Gasteiger partial charge in [-0.3, -0.25) is 4.79 Å². The predicted molar refractivity (Wildman–Crippen MR) is 101 cm³/mol. The lowest BCUT2D eigenvalue weighted by molar-refractivity contribution is -0.143. The molecular formula is C22H22O7. The molecule has 3 heterocycles. The highest BCUT2D eigenvalue weighted by Gasteiger charge is 2.39. The molecule has 1 saturated heterocycles. The first-order valence-corrected chi connectivity index (χ1v) is 9.70. The van der Waals surface area contributed by atoms with E-state index in [9.17, 15) is 4.79 Å². The highest BCUT2D eigenvalue weighted by Crippen LogP contribution is 2.44. The zero-order valence-electron chi connectivity index (χ0n) is 16.1. The molecule has 152 valence electrons. The number of hydrogen-bond acceptors (Lipinski definition) is 7. The maximum absolute atomic E-state index is 11.5. The number of hydrogen-bond donors (Lipinski definition) is 0. The first-order chi connectivity index (χ1) is 14.2. The van der Waals surface area contributed by atoms with Gasteiger partial charge in [0.25, 0.3) is 0 Å². The fraction of sp³-hybridized carbons (Fsp3) is 0.409. The van der Waals surface area contributed by atoms with Gasteiger partial charge in [-0.2, -0.15) is 0 Å². The van der Waals surface area contributed by atoms with Crippen LogP contribution in [-0.4, -0.2) is 32.8 Å². The highest BCUT2D eigenvalue weighted by atomic mass is 16.7. The molecule has 5 rings (SSSR count). The van der Waals surface area contributed by atoms with Crippen molar-refractivity contribution in [3.05, 3.63) is 47.5 Å². The van der Waals surface area contributed by atoms with Crippen molar-refractivity contribution in [2.24, 2.45) is 11.8 Å². The normalized spacial score (nSPS) is 24.0. The minimum Gasteiger partial charge on any atom is -0.465 e. The molecule has 0 saturated carbocycles. The van der Waals surface area contributed by atoms with Gasteiger partial charge in [0.05, 0.1) is 19.3 Å². The second kappa shape index (κ2) is 7.48. The third-order valence-corrected chi connectivity index (χ3v) is 5.62. The number of carbonyl (C=O) groups excluding carboxylic acids is 1. The Morgan fingerprint density at radius 3 is 2.41 bits per heavy atom. The number of fused-ring (bicyclic) bond motifs is 2. The van der Waals surface area contributed by atoms with Crippen molar-refractivity contribution in [3.63, 3.8) is 0 Å². The molecular weight excluding hydrogens is 376 g/mol. The van der Waals surface area contributed by atoms with Crippen molar-refractivity contribution in [1.29, 1.82) is 0 Å². The van der Waals surface area contributed by atoms with Gasteiger partial charge < -0.3 is 28.4 Å². The molecule has 3 aliphatic heterocycles. The van der Waals surface area contributed by atoms with E-state index in [4.69, 9.17) is 28.4 Å². The fourth-order valence-corrected chi connectivity index (χ4v) is 4.17. The molecule has 0 radical (unpaired) electrons. The molecule has 1 fully saturated rings. The van der Waals surface area contributed by atoms with Crippen molar-refractivity contribution >= 4 is 5.97 Å². The van der Waals surface area contributed by atoms with Crippen LogP contribution in [0.15, 0.2) is 36.4 Å². The molecule has 0 aromatic heterocycles. The molecule has 2 aromatic carbocycles. The highest BCUT2D eigenvalue weighted by molar-refractivity contribution is 5.65. The third-order valence-electron chi connectivity index (χ3n) is 5.62. The lowest BCUT2D eigenvalue weighted by Crippen LogP contribution is -2.23. The Hall–Kier alpha value is -2.93. The number of ether oxygens (including phenoxy) is 6. The standard InChI is InChI=1S/C22H22O7/c1-13(23)24-10-17-16(6-14-2-4-18-20(7-14)28-11-26-18)9-25-22(17)15-3-5-19-21(8-15)29-12-27-19/h2-5,7-8,16-17,22H,6,9-12H2,1H3. The summed E-state index contributed by atoms with van der Waals surface area (Å²) >= 11 is 0. The van der Waals surface area contributed by atoms with Gasteiger partial charge in [-0.1, -0.05) is 12.1 Å². The average molecular weight is 398 g/mol. The van der Waals surface area contributed by atoms with Gasteiger partial charge in [0.15, 0.2) is 23.0 Å². The number of carbonyl (C=O) groups is 1.